The fourth-order valence-corrected chi connectivity index (χ4v) is 1.89. The minimum absolute atomic E-state index is 0.386. The third-order valence-electron chi connectivity index (χ3n) is 3.64. The predicted octanol–water partition coefficient (Wildman–Crippen LogP) is 1.68. The Hall–Kier alpha value is -0.120. The Labute approximate surface area is 101 Å². The zero-order chi connectivity index (χ0) is 12.0. The van der Waals surface area contributed by atoms with Crippen molar-refractivity contribution >= 4 is 0 Å². The van der Waals surface area contributed by atoms with Gasteiger partial charge in [-0.05, 0) is 19.4 Å². The molecule has 0 spiro atoms. The topological polar surface area (TPSA) is 15.7 Å². The van der Waals surface area contributed by atoms with Crippen molar-refractivity contribution in [2.24, 2.45) is 5.92 Å². The predicted molar refractivity (Wildman–Crippen MR) is 68.8 cm³/mol. The van der Waals surface area contributed by atoms with E-state index < -0.39 is 0 Å². The number of hydrogen-bond donors (Lipinski definition) is 0. The van der Waals surface area contributed by atoms with E-state index in [9.17, 15) is 0 Å². The Morgan fingerprint density at radius 2 is 1.56 bits per heavy atom. The van der Waals surface area contributed by atoms with Crippen LogP contribution in [0.3, 0.4) is 0 Å². The van der Waals surface area contributed by atoms with Gasteiger partial charge in [-0.25, -0.2) is 0 Å². The summed E-state index contributed by atoms with van der Waals surface area (Å²) in [6, 6.07) is 0. The molecule has 1 saturated heterocycles. The van der Waals surface area contributed by atoms with Gasteiger partial charge in [0.25, 0.3) is 0 Å². The summed E-state index contributed by atoms with van der Waals surface area (Å²) in [6.45, 7) is 16.8. The zero-order valence-corrected chi connectivity index (χ0v) is 11.4. The van der Waals surface area contributed by atoms with Crippen LogP contribution in [0.1, 0.15) is 27.7 Å². The molecule has 0 bridgehead atoms. The average molecular weight is 228 g/mol. The van der Waals surface area contributed by atoms with Crippen molar-refractivity contribution in [2.45, 2.75) is 33.8 Å². The first-order valence-electron chi connectivity index (χ1n) is 6.69. The smallest absolute Gasteiger partial charge is 0.0597 e. The molecule has 16 heavy (non-hydrogen) atoms. The van der Waals surface area contributed by atoms with Gasteiger partial charge in [0.05, 0.1) is 12.7 Å². The minimum Gasteiger partial charge on any atom is -0.377 e. The molecule has 1 atom stereocenters. The molecule has 0 aromatic carbocycles. The summed E-state index contributed by atoms with van der Waals surface area (Å²) < 4.78 is 5.80. The van der Waals surface area contributed by atoms with E-state index in [1.54, 1.807) is 0 Å². The molecule has 0 saturated carbocycles. The Kier molecular flexibility index (Phi) is 6.32. The normalized spacial score (nSPS) is 21.6. The molecule has 1 fully saturated rings. The second-order valence-electron chi connectivity index (χ2n) is 5.10. The monoisotopic (exact) mass is 228 g/mol. The van der Waals surface area contributed by atoms with E-state index in [0.29, 0.717) is 12.0 Å². The number of rotatable bonds is 6. The molecule has 1 aliphatic rings. The van der Waals surface area contributed by atoms with E-state index in [1.165, 1.54) is 32.7 Å². The Balaban J connectivity index is 2.06. The van der Waals surface area contributed by atoms with Crippen molar-refractivity contribution in [3.05, 3.63) is 0 Å². The quantitative estimate of drug-likeness (QED) is 0.688. The summed E-state index contributed by atoms with van der Waals surface area (Å²) in [6.07, 6.45) is 0.386. The highest BCUT2D eigenvalue weighted by molar-refractivity contribution is 4.70. The van der Waals surface area contributed by atoms with E-state index in [2.05, 4.69) is 37.5 Å². The van der Waals surface area contributed by atoms with E-state index in [1.807, 2.05) is 0 Å². The lowest BCUT2D eigenvalue weighted by Gasteiger charge is -2.34. The molecule has 0 N–H and O–H groups in total. The van der Waals surface area contributed by atoms with Gasteiger partial charge in [0.15, 0.2) is 0 Å². The van der Waals surface area contributed by atoms with Gasteiger partial charge in [-0.15, -0.1) is 0 Å². The zero-order valence-electron chi connectivity index (χ0n) is 11.4. The first-order chi connectivity index (χ1) is 7.63. The third-order valence-corrected chi connectivity index (χ3v) is 3.64. The number of likely N-dealkylation sites (N-methyl/N-ethyl adjacent to an activating group) is 1. The van der Waals surface area contributed by atoms with Gasteiger partial charge < -0.3 is 9.64 Å². The highest BCUT2D eigenvalue weighted by Crippen LogP contribution is 2.06. The van der Waals surface area contributed by atoms with Crippen LogP contribution in [0.2, 0.25) is 0 Å². The highest BCUT2D eigenvalue weighted by Gasteiger charge is 2.15. The number of hydrogen-bond acceptors (Lipinski definition) is 3. The van der Waals surface area contributed by atoms with Crippen LogP contribution in [-0.4, -0.2) is 61.8 Å². The van der Waals surface area contributed by atoms with Gasteiger partial charge in [0, 0.05) is 32.7 Å². The fraction of sp³-hybridized carbons (Fsp3) is 1.00. The molecular formula is C13H28N2O. The summed E-state index contributed by atoms with van der Waals surface area (Å²) in [5.41, 5.74) is 0. The highest BCUT2D eigenvalue weighted by atomic mass is 16.5. The van der Waals surface area contributed by atoms with Crippen LogP contribution in [-0.2, 0) is 4.74 Å². The van der Waals surface area contributed by atoms with Crippen molar-refractivity contribution in [3.8, 4) is 0 Å². The van der Waals surface area contributed by atoms with Crippen molar-refractivity contribution in [2.75, 3.05) is 45.9 Å². The number of piperazine rings is 1. The third kappa shape index (κ3) is 4.81. The lowest BCUT2D eigenvalue weighted by molar-refractivity contribution is 0.0148. The molecule has 1 unspecified atom stereocenters. The van der Waals surface area contributed by atoms with Gasteiger partial charge >= 0.3 is 0 Å². The average Bonchev–Trinajstić information content (AvgIpc) is 2.29. The summed E-state index contributed by atoms with van der Waals surface area (Å²) in [4.78, 5) is 5.02. The summed E-state index contributed by atoms with van der Waals surface area (Å²) in [7, 11) is 0. The Bertz CT molecular complexity index is 177. The van der Waals surface area contributed by atoms with Gasteiger partial charge in [-0.3, -0.25) is 4.90 Å². The van der Waals surface area contributed by atoms with Gasteiger partial charge in [0.1, 0.15) is 0 Å². The lowest BCUT2D eigenvalue weighted by Crippen LogP contribution is -2.47. The largest absolute Gasteiger partial charge is 0.377 e. The van der Waals surface area contributed by atoms with Gasteiger partial charge in [-0.1, -0.05) is 20.8 Å². The maximum Gasteiger partial charge on any atom is 0.0597 e. The van der Waals surface area contributed by atoms with Gasteiger partial charge in [-0.2, -0.15) is 0 Å². The van der Waals surface area contributed by atoms with Crippen LogP contribution in [0.25, 0.3) is 0 Å². The van der Waals surface area contributed by atoms with Crippen molar-refractivity contribution in [1.82, 2.24) is 9.80 Å². The molecule has 0 aromatic heterocycles. The van der Waals surface area contributed by atoms with Crippen molar-refractivity contribution < 1.29 is 4.74 Å². The van der Waals surface area contributed by atoms with Crippen molar-refractivity contribution in [1.29, 1.82) is 0 Å². The molecule has 0 aliphatic carbocycles. The Morgan fingerprint density at radius 3 is 2.06 bits per heavy atom. The molecule has 0 radical (unpaired) electrons. The van der Waals surface area contributed by atoms with Crippen molar-refractivity contribution in [3.63, 3.8) is 0 Å². The maximum absolute atomic E-state index is 5.80. The van der Waals surface area contributed by atoms with Crippen LogP contribution < -0.4 is 0 Å². The van der Waals surface area contributed by atoms with Gasteiger partial charge in [0.2, 0.25) is 0 Å². The molecule has 96 valence electrons. The van der Waals surface area contributed by atoms with E-state index in [4.69, 9.17) is 4.74 Å². The van der Waals surface area contributed by atoms with Crippen LogP contribution >= 0.6 is 0 Å². The van der Waals surface area contributed by atoms with Crippen LogP contribution in [0.4, 0.5) is 0 Å². The summed E-state index contributed by atoms with van der Waals surface area (Å²) in [5, 5.41) is 0. The molecule has 1 heterocycles. The van der Waals surface area contributed by atoms with Crippen LogP contribution in [0.15, 0.2) is 0 Å². The standard InChI is InChI=1S/C13H28N2O/c1-5-14-6-8-15(9-7-14)10-11-16-13(4)12(2)3/h12-13H,5-11H2,1-4H3. The first kappa shape index (κ1) is 13.9. The molecule has 3 nitrogen and oxygen atoms in total. The minimum atomic E-state index is 0.386. The number of nitrogens with zero attached hydrogens (tertiary/aromatic N) is 2. The van der Waals surface area contributed by atoms with E-state index >= 15 is 0 Å². The molecule has 1 aliphatic heterocycles. The summed E-state index contributed by atoms with van der Waals surface area (Å²) >= 11 is 0. The van der Waals surface area contributed by atoms with E-state index in [-0.39, 0.29) is 0 Å². The van der Waals surface area contributed by atoms with E-state index in [0.717, 1.165) is 13.2 Å². The SMILES string of the molecule is CCN1CCN(CCOC(C)C(C)C)CC1. The molecule has 3 heteroatoms. The van der Waals surface area contributed by atoms with Crippen LogP contribution in [0.5, 0.6) is 0 Å². The summed E-state index contributed by atoms with van der Waals surface area (Å²) in [5.74, 6) is 0.622. The molecule has 0 amide bonds. The maximum atomic E-state index is 5.80. The molecule has 1 rings (SSSR count). The second-order valence-corrected chi connectivity index (χ2v) is 5.10. The number of ether oxygens (including phenoxy) is 1. The Morgan fingerprint density at radius 1 is 1.00 bits per heavy atom. The first-order valence-corrected chi connectivity index (χ1v) is 6.69. The lowest BCUT2D eigenvalue weighted by atomic mass is 10.1. The van der Waals surface area contributed by atoms with Crippen LogP contribution in [0, 0.1) is 5.92 Å². The molecule has 0 aromatic rings. The second kappa shape index (κ2) is 7.25. The molecular weight excluding hydrogens is 200 g/mol. The fourth-order valence-electron chi connectivity index (χ4n) is 1.89.